The van der Waals surface area contributed by atoms with E-state index in [2.05, 4.69) is 77.4 Å². The Hall–Kier alpha value is -4.02. The van der Waals surface area contributed by atoms with Crippen molar-refractivity contribution in [1.82, 2.24) is 14.5 Å². The normalized spacial score (nSPS) is 11.8. The fraction of sp³-hybridized carbons (Fsp3) is 0. The van der Waals surface area contributed by atoms with Gasteiger partial charge in [-0.1, -0.05) is 72.8 Å². The Bertz CT molecular complexity index is 1760. The van der Waals surface area contributed by atoms with Crippen LogP contribution in [0.3, 0.4) is 0 Å². The van der Waals surface area contributed by atoms with Crippen molar-refractivity contribution >= 4 is 53.3 Å². The van der Waals surface area contributed by atoms with E-state index in [9.17, 15) is 0 Å². The number of para-hydroxylation sites is 1. The Morgan fingerprint density at radius 1 is 0.562 bits per heavy atom. The second kappa shape index (κ2) is 6.74. The zero-order valence-corrected chi connectivity index (χ0v) is 17.9. The van der Waals surface area contributed by atoms with Crippen LogP contribution in [0.5, 0.6) is 0 Å². The molecule has 0 spiro atoms. The molecular weight excluding hydrogens is 410 g/mol. The van der Waals surface area contributed by atoms with Gasteiger partial charge in [0.25, 0.3) is 0 Å². The lowest BCUT2D eigenvalue weighted by molar-refractivity contribution is 0.990. The van der Waals surface area contributed by atoms with Gasteiger partial charge in [-0.3, -0.25) is 4.57 Å². The summed E-state index contributed by atoms with van der Waals surface area (Å²) in [4.78, 5) is 9.55. The molecule has 0 N–H and O–H groups in total. The maximum atomic E-state index is 4.78. The summed E-state index contributed by atoms with van der Waals surface area (Å²) in [5.74, 6) is 0.691. The zero-order chi connectivity index (χ0) is 21.1. The van der Waals surface area contributed by atoms with Gasteiger partial charge in [-0.2, -0.15) is 0 Å². The SMILES string of the molecule is c1ccc(-c2cnc(-n3c4ccccc4c4c5sc6ccccc6c5ccc43)nc2)cc1. The fourth-order valence-corrected chi connectivity index (χ4v) is 5.93. The van der Waals surface area contributed by atoms with Crippen molar-refractivity contribution in [2.75, 3.05) is 0 Å². The molecule has 0 aliphatic rings. The monoisotopic (exact) mass is 427 g/mol. The molecule has 3 nitrogen and oxygen atoms in total. The van der Waals surface area contributed by atoms with E-state index in [0.717, 1.165) is 22.2 Å². The molecule has 3 heterocycles. The maximum absolute atomic E-state index is 4.78. The number of hydrogen-bond donors (Lipinski definition) is 0. The summed E-state index contributed by atoms with van der Waals surface area (Å²) in [7, 11) is 0. The molecule has 32 heavy (non-hydrogen) atoms. The van der Waals surface area contributed by atoms with Crippen LogP contribution in [0.15, 0.2) is 103 Å². The highest BCUT2D eigenvalue weighted by atomic mass is 32.1. The highest BCUT2D eigenvalue weighted by molar-refractivity contribution is 7.26. The van der Waals surface area contributed by atoms with Gasteiger partial charge in [0.05, 0.1) is 11.0 Å². The average molecular weight is 428 g/mol. The van der Waals surface area contributed by atoms with Gasteiger partial charge >= 0.3 is 0 Å². The summed E-state index contributed by atoms with van der Waals surface area (Å²) in [5.41, 5.74) is 4.40. The van der Waals surface area contributed by atoms with Crippen LogP contribution in [0.25, 0.3) is 59.1 Å². The van der Waals surface area contributed by atoms with Crippen LogP contribution in [0.2, 0.25) is 0 Å². The second-order valence-electron chi connectivity index (χ2n) is 7.92. The third-order valence-electron chi connectivity index (χ3n) is 6.13. The highest BCUT2D eigenvalue weighted by Crippen LogP contribution is 2.42. The quantitative estimate of drug-likeness (QED) is 0.284. The van der Waals surface area contributed by atoms with E-state index in [-0.39, 0.29) is 0 Å². The third-order valence-corrected chi connectivity index (χ3v) is 7.33. The van der Waals surface area contributed by atoms with Gasteiger partial charge in [0, 0.05) is 48.9 Å². The molecule has 0 saturated heterocycles. The van der Waals surface area contributed by atoms with Crippen LogP contribution in [0.4, 0.5) is 0 Å². The number of hydrogen-bond acceptors (Lipinski definition) is 3. The molecule has 0 unspecified atom stereocenters. The molecule has 0 radical (unpaired) electrons. The van der Waals surface area contributed by atoms with E-state index in [1.54, 1.807) is 0 Å². The molecule has 0 aliphatic heterocycles. The van der Waals surface area contributed by atoms with Crippen LogP contribution >= 0.6 is 11.3 Å². The van der Waals surface area contributed by atoms with Crippen LogP contribution in [0, 0.1) is 0 Å². The lowest BCUT2D eigenvalue weighted by Crippen LogP contribution is -2.00. The first kappa shape index (κ1) is 17.6. The second-order valence-corrected chi connectivity index (χ2v) is 8.98. The van der Waals surface area contributed by atoms with E-state index in [1.165, 1.54) is 30.9 Å². The van der Waals surface area contributed by atoms with Crippen molar-refractivity contribution in [2.45, 2.75) is 0 Å². The molecule has 7 rings (SSSR count). The lowest BCUT2D eigenvalue weighted by Gasteiger charge is -2.07. The minimum Gasteiger partial charge on any atom is -0.278 e. The summed E-state index contributed by atoms with van der Waals surface area (Å²) < 4.78 is 4.82. The fourth-order valence-electron chi connectivity index (χ4n) is 4.67. The van der Waals surface area contributed by atoms with Gasteiger partial charge < -0.3 is 0 Å². The van der Waals surface area contributed by atoms with Gasteiger partial charge in [-0.15, -0.1) is 11.3 Å². The van der Waals surface area contributed by atoms with Gasteiger partial charge in [-0.25, -0.2) is 9.97 Å². The molecule has 0 bridgehead atoms. The molecule has 4 aromatic carbocycles. The minimum atomic E-state index is 0.691. The lowest BCUT2D eigenvalue weighted by atomic mass is 10.1. The van der Waals surface area contributed by atoms with Gasteiger partial charge in [0.15, 0.2) is 0 Å². The molecular formula is C28H17N3S. The standard InChI is InChI=1S/C28H17N3S/c1-2-8-18(9-3-1)19-16-29-28(30-17-19)31-23-12-6-4-11-22(23)26-24(31)15-14-21-20-10-5-7-13-25(20)32-27(21)26/h1-17H. The van der Waals surface area contributed by atoms with Crippen molar-refractivity contribution < 1.29 is 0 Å². The summed E-state index contributed by atoms with van der Waals surface area (Å²) in [6.45, 7) is 0. The Labute approximate surface area is 188 Å². The molecule has 0 amide bonds. The van der Waals surface area contributed by atoms with E-state index in [1.807, 2.05) is 41.9 Å². The molecule has 4 heteroatoms. The predicted molar refractivity (Wildman–Crippen MR) is 135 cm³/mol. The first-order chi connectivity index (χ1) is 15.9. The van der Waals surface area contributed by atoms with Crippen molar-refractivity contribution in [2.24, 2.45) is 0 Å². The zero-order valence-electron chi connectivity index (χ0n) is 17.1. The van der Waals surface area contributed by atoms with Crippen LogP contribution in [-0.2, 0) is 0 Å². The van der Waals surface area contributed by atoms with Crippen molar-refractivity contribution in [3.05, 3.63) is 103 Å². The Balaban J connectivity index is 1.53. The van der Waals surface area contributed by atoms with Gasteiger partial charge in [0.2, 0.25) is 5.95 Å². The van der Waals surface area contributed by atoms with Crippen LogP contribution < -0.4 is 0 Å². The van der Waals surface area contributed by atoms with E-state index >= 15 is 0 Å². The Kier molecular flexibility index (Phi) is 3.72. The molecule has 0 saturated carbocycles. The number of rotatable bonds is 2. The smallest absolute Gasteiger partial charge is 0.234 e. The number of benzene rings is 4. The summed E-state index contributed by atoms with van der Waals surface area (Å²) >= 11 is 1.86. The first-order valence-electron chi connectivity index (χ1n) is 10.6. The van der Waals surface area contributed by atoms with Crippen molar-refractivity contribution in [3.8, 4) is 17.1 Å². The Morgan fingerprint density at radius 2 is 1.28 bits per heavy atom. The van der Waals surface area contributed by atoms with Gasteiger partial charge in [-0.05, 0) is 23.8 Å². The summed E-state index contributed by atoms with van der Waals surface area (Å²) in [5, 5.41) is 5.13. The Morgan fingerprint density at radius 3 is 2.12 bits per heavy atom. The predicted octanol–water partition coefficient (Wildman–Crippen LogP) is 7.61. The largest absolute Gasteiger partial charge is 0.278 e. The molecule has 0 aliphatic carbocycles. The first-order valence-corrected chi connectivity index (χ1v) is 11.4. The van der Waals surface area contributed by atoms with E-state index < -0.39 is 0 Å². The summed E-state index contributed by atoms with van der Waals surface area (Å²) in [6.07, 6.45) is 3.83. The molecule has 150 valence electrons. The molecule has 0 atom stereocenters. The van der Waals surface area contributed by atoms with E-state index in [4.69, 9.17) is 9.97 Å². The highest BCUT2D eigenvalue weighted by Gasteiger charge is 2.18. The maximum Gasteiger partial charge on any atom is 0.234 e. The minimum absolute atomic E-state index is 0.691. The number of aromatic nitrogens is 3. The summed E-state index contributed by atoms with van der Waals surface area (Å²) in [6, 6.07) is 31.9. The van der Waals surface area contributed by atoms with Crippen molar-refractivity contribution in [3.63, 3.8) is 0 Å². The van der Waals surface area contributed by atoms with E-state index in [0.29, 0.717) is 5.95 Å². The number of nitrogens with zero attached hydrogens (tertiary/aromatic N) is 3. The third kappa shape index (κ3) is 2.47. The van der Waals surface area contributed by atoms with Gasteiger partial charge in [0.1, 0.15) is 0 Å². The molecule has 7 aromatic rings. The number of fused-ring (bicyclic) bond motifs is 7. The van der Waals surface area contributed by atoms with Crippen LogP contribution in [0.1, 0.15) is 0 Å². The number of thiophene rings is 1. The van der Waals surface area contributed by atoms with Crippen LogP contribution in [-0.4, -0.2) is 14.5 Å². The molecule has 3 aromatic heterocycles. The molecule has 0 fully saturated rings. The average Bonchev–Trinajstić information content (AvgIpc) is 3.40. The van der Waals surface area contributed by atoms with Crippen molar-refractivity contribution in [1.29, 1.82) is 0 Å². The topological polar surface area (TPSA) is 30.7 Å².